The number of morpholine rings is 1. The third kappa shape index (κ3) is 4.31. The molecule has 0 unspecified atom stereocenters. The number of carbonyl (C=O) groups is 1. The fourth-order valence-corrected chi connectivity index (χ4v) is 2.46. The Balaban J connectivity index is 2.37. The van der Waals surface area contributed by atoms with Gasteiger partial charge < -0.3 is 29.6 Å². The molecule has 0 saturated carbocycles. The molecule has 1 fully saturated rings. The fourth-order valence-electron chi connectivity index (χ4n) is 2.46. The molecule has 1 aromatic rings. The van der Waals surface area contributed by atoms with Crippen LogP contribution in [-0.4, -0.2) is 52.9 Å². The summed E-state index contributed by atoms with van der Waals surface area (Å²) in [5.74, 6) is -0.421. The van der Waals surface area contributed by atoms with Gasteiger partial charge in [-0.05, 0) is 12.1 Å². The zero-order chi connectivity index (χ0) is 16.8. The van der Waals surface area contributed by atoms with Crippen molar-refractivity contribution in [2.45, 2.75) is 12.7 Å². The molecule has 8 heteroatoms. The minimum Gasteiger partial charge on any atom is -0.410 e. The van der Waals surface area contributed by atoms with Crippen LogP contribution in [-0.2, 0) is 20.6 Å². The van der Waals surface area contributed by atoms with Crippen LogP contribution in [0.25, 0.3) is 0 Å². The van der Waals surface area contributed by atoms with Gasteiger partial charge in [-0.1, -0.05) is 0 Å². The van der Waals surface area contributed by atoms with Gasteiger partial charge in [0.2, 0.25) is 0 Å². The van der Waals surface area contributed by atoms with Gasteiger partial charge in [0, 0.05) is 39.3 Å². The van der Waals surface area contributed by atoms with E-state index in [1.807, 2.05) is 4.90 Å². The van der Waals surface area contributed by atoms with Crippen molar-refractivity contribution in [3.05, 3.63) is 23.5 Å². The lowest BCUT2D eigenvalue weighted by Gasteiger charge is -2.30. The first kappa shape index (κ1) is 17.5. The Morgan fingerprint density at radius 1 is 1.35 bits per heavy atom. The van der Waals surface area contributed by atoms with Crippen molar-refractivity contribution in [3.8, 4) is 5.75 Å². The molecule has 1 aromatic carbocycles. The van der Waals surface area contributed by atoms with Gasteiger partial charge in [0.15, 0.2) is 12.1 Å². The highest BCUT2D eigenvalue weighted by Crippen LogP contribution is 2.32. The summed E-state index contributed by atoms with van der Waals surface area (Å²) in [6.45, 7) is 2.24. The molecule has 7 nitrogen and oxygen atoms in total. The lowest BCUT2D eigenvalue weighted by Crippen LogP contribution is -2.37. The molecule has 0 spiro atoms. The van der Waals surface area contributed by atoms with Crippen molar-refractivity contribution >= 4 is 11.8 Å². The van der Waals surface area contributed by atoms with Crippen LogP contribution >= 0.6 is 0 Å². The van der Waals surface area contributed by atoms with Gasteiger partial charge in [0.05, 0.1) is 18.9 Å². The van der Waals surface area contributed by atoms with Crippen LogP contribution in [0, 0.1) is 5.82 Å². The highest BCUT2D eigenvalue weighted by atomic mass is 19.1. The maximum Gasteiger partial charge on any atom is 0.409 e. The Morgan fingerprint density at radius 2 is 2.00 bits per heavy atom. The Labute approximate surface area is 134 Å². The average Bonchev–Trinajstić information content (AvgIpc) is 2.55. The summed E-state index contributed by atoms with van der Waals surface area (Å²) < 4.78 is 35.4. The third-order valence-electron chi connectivity index (χ3n) is 3.64. The second-order valence-corrected chi connectivity index (χ2v) is 5.00. The minimum absolute atomic E-state index is 0.0612. The van der Waals surface area contributed by atoms with E-state index in [-0.39, 0.29) is 17.7 Å². The molecule has 1 aliphatic heterocycles. The first-order chi connectivity index (χ1) is 11.1. The van der Waals surface area contributed by atoms with Crippen LogP contribution < -0.4 is 15.4 Å². The predicted octanol–water partition coefficient (Wildman–Crippen LogP) is 1.28. The van der Waals surface area contributed by atoms with Gasteiger partial charge in [-0.2, -0.15) is 0 Å². The molecule has 0 radical (unpaired) electrons. The van der Waals surface area contributed by atoms with Gasteiger partial charge in [-0.3, -0.25) is 0 Å². The zero-order valence-corrected chi connectivity index (χ0v) is 13.2. The van der Waals surface area contributed by atoms with E-state index in [1.165, 1.54) is 20.3 Å². The van der Waals surface area contributed by atoms with Crippen LogP contribution in [0.5, 0.6) is 5.75 Å². The number of halogens is 1. The molecule has 0 aliphatic carbocycles. The SMILES string of the molecule is COC(Cc1c(OC(N)=O)ccc(N2CCOCC2)c1F)OC. The number of primary amides is 1. The number of anilines is 1. The van der Waals surface area contributed by atoms with Crippen molar-refractivity contribution in [2.75, 3.05) is 45.4 Å². The van der Waals surface area contributed by atoms with E-state index in [2.05, 4.69) is 0 Å². The second-order valence-electron chi connectivity index (χ2n) is 5.00. The van der Waals surface area contributed by atoms with E-state index in [0.29, 0.717) is 32.0 Å². The van der Waals surface area contributed by atoms with Crippen molar-refractivity contribution in [3.63, 3.8) is 0 Å². The minimum atomic E-state index is -1.00. The van der Waals surface area contributed by atoms with Crippen molar-refractivity contribution < 1.29 is 28.1 Å². The fraction of sp³-hybridized carbons (Fsp3) is 0.533. The molecular formula is C15H21FN2O5. The largest absolute Gasteiger partial charge is 0.410 e. The maximum atomic E-state index is 15.0. The molecule has 1 heterocycles. The maximum absolute atomic E-state index is 15.0. The number of nitrogens with two attached hydrogens (primary N) is 1. The zero-order valence-electron chi connectivity index (χ0n) is 13.2. The summed E-state index contributed by atoms with van der Waals surface area (Å²) in [6.07, 6.45) is -1.59. The molecule has 0 bridgehead atoms. The van der Waals surface area contributed by atoms with E-state index in [9.17, 15) is 9.18 Å². The molecule has 0 aromatic heterocycles. The number of ether oxygens (including phenoxy) is 4. The smallest absolute Gasteiger partial charge is 0.409 e. The van der Waals surface area contributed by atoms with Crippen LogP contribution in [0.1, 0.15) is 5.56 Å². The van der Waals surface area contributed by atoms with Gasteiger partial charge in [-0.15, -0.1) is 0 Å². The number of methoxy groups -OCH3 is 2. The van der Waals surface area contributed by atoms with E-state index >= 15 is 0 Å². The highest BCUT2D eigenvalue weighted by Gasteiger charge is 2.23. The van der Waals surface area contributed by atoms with E-state index < -0.39 is 18.2 Å². The summed E-state index contributed by atoms with van der Waals surface area (Å²) in [5, 5.41) is 0. The summed E-state index contributed by atoms with van der Waals surface area (Å²) >= 11 is 0. The summed E-state index contributed by atoms with van der Waals surface area (Å²) in [6, 6.07) is 3.09. The molecule has 2 rings (SSSR count). The Morgan fingerprint density at radius 3 is 2.57 bits per heavy atom. The van der Waals surface area contributed by atoms with Crippen LogP contribution in [0.3, 0.4) is 0 Å². The number of rotatable bonds is 6. The number of benzene rings is 1. The lowest BCUT2D eigenvalue weighted by atomic mass is 10.1. The van der Waals surface area contributed by atoms with E-state index in [0.717, 1.165) is 0 Å². The molecule has 2 N–H and O–H groups in total. The summed E-state index contributed by atoms with van der Waals surface area (Å²) in [4.78, 5) is 12.9. The molecule has 128 valence electrons. The monoisotopic (exact) mass is 328 g/mol. The Hall–Kier alpha value is -1.90. The molecule has 1 amide bonds. The standard InChI is InChI=1S/C15H21FN2O5/c1-20-13(21-2)9-10-12(23-15(17)19)4-3-11(14(10)16)18-5-7-22-8-6-18/h3-4,13H,5-9H2,1-2H3,(H2,17,19). The second kappa shape index (κ2) is 8.09. The molecule has 23 heavy (non-hydrogen) atoms. The third-order valence-corrected chi connectivity index (χ3v) is 3.64. The van der Waals surface area contributed by atoms with Crippen molar-refractivity contribution in [1.29, 1.82) is 0 Å². The van der Waals surface area contributed by atoms with Crippen LogP contribution in [0.15, 0.2) is 12.1 Å². The first-order valence-electron chi connectivity index (χ1n) is 7.23. The normalized spacial score (nSPS) is 15.0. The van der Waals surface area contributed by atoms with Crippen molar-refractivity contribution in [1.82, 2.24) is 0 Å². The number of hydrogen-bond donors (Lipinski definition) is 1. The lowest BCUT2D eigenvalue weighted by molar-refractivity contribution is -0.101. The topological polar surface area (TPSA) is 83.3 Å². The van der Waals surface area contributed by atoms with E-state index in [4.69, 9.17) is 24.7 Å². The average molecular weight is 328 g/mol. The number of amides is 1. The molecule has 0 atom stereocenters. The van der Waals surface area contributed by atoms with E-state index in [1.54, 1.807) is 6.07 Å². The van der Waals surface area contributed by atoms with Crippen LogP contribution in [0.4, 0.5) is 14.9 Å². The Kier molecular flexibility index (Phi) is 6.14. The van der Waals surface area contributed by atoms with Gasteiger partial charge in [0.25, 0.3) is 0 Å². The number of hydrogen-bond acceptors (Lipinski definition) is 6. The molecular weight excluding hydrogens is 307 g/mol. The number of nitrogens with zero attached hydrogens (tertiary/aromatic N) is 1. The van der Waals surface area contributed by atoms with Crippen LogP contribution in [0.2, 0.25) is 0 Å². The van der Waals surface area contributed by atoms with Gasteiger partial charge in [0.1, 0.15) is 5.75 Å². The predicted molar refractivity (Wildman–Crippen MR) is 81.2 cm³/mol. The van der Waals surface area contributed by atoms with Gasteiger partial charge in [-0.25, -0.2) is 9.18 Å². The summed E-state index contributed by atoms with van der Waals surface area (Å²) in [7, 11) is 2.90. The molecule has 1 aliphatic rings. The first-order valence-corrected chi connectivity index (χ1v) is 7.23. The van der Waals surface area contributed by atoms with Gasteiger partial charge >= 0.3 is 6.09 Å². The Bertz CT molecular complexity index is 545. The molecule has 1 saturated heterocycles. The summed E-state index contributed by atoms with van der Waals surface area (Å²) in [5.41, 5.74) is 5.65. The quantitative estimate of drug-likeness (QED) is 0.792. The van der Waals surface area contributed by atoms with Crippen molar-refractivity contribution in [2.24, 2.45) is 5.73 Å². The number of carbonyl (C=O) groups excluding carboxylic acids is 1. The highest BCUT2D eigenvalue weighted by molar-refractivity contribution is 5.69.